The summed E-state index contributed by atoms with van der Waals surface area (Å²) < 4.78 is 79.8. The molecule has 0 radical (unpaired) electrons. The third-order valence-corrected chi connectivity index (χ3v) is 6.88. The number of amides is 1. The predicted octanol–water partition coefficient (Wildman–Crippen LogP) is 5.79. The Bertz CT molecular complexity index is 1250. The molecule has 38 heavy (non-hydrogen) atoms. The van der Waals surface area contributed by atoms with Gasteiger partial charge in [0.2, 0.25) is 5.91 Å². The molecule has 0 spiro atoms. The molecule has 1 aromatic heterocycles. The lowest BCUT2D eigenvalue weighted by atomic mass is 9.88. The highest BCUT2D eigenvalue weighted by Crippen LogP contribution is 2.41. The molecule has 204 valence electrons. The van der Waals surface area contributed by atoms with Crippen molar-refractivity contribution >= 4 is 5.91 Å². The van der Waals surface area contributed by atoms with Gasteiger partial charge in [-0.2, -0.15) is 31.4 Å². The van der Waals surface area contributed by atoms with Crippen LogP contribution in [0.4, 0.5) is 26.3 Å². The lowest BCUT2D eigenvalue weighted by Gasteiger charge is -2.41. The van der Waals surface area contributed by atoms with Crippen LogP contribution in [0.3, 0.4) is 0 Å². The normalized spacial score (nSPS) is 17.2. The molecule has 4 rings (SSSR count). The number of benzene rings is 2. The van der Waals surface area contributed by atoms with Crippen molar-refractivity contribution in [1.82, 2.24) is 20.0 Å². The number of hydrogen-bond donors (Lipinski definition) is 1. The minimum atomic E-state index is -4.45. The van der Waals surface area contributed by atoms with Crippen molar-refractivity contribution in [2.75, 3.05) is 13.6 Å². The second kappa shape index (κ2) is 10.8. The second-order valence-corrected chi connectivity index (χ2v) is 9.38. The van der Waals surface area contributed by atoms with Gasteiger partial charge in [0.25, 0.3) is 0 Å². The molecule has 3 aromatic rings. The Morgan fingerprint density at radius 3 is 2.29 bits per heavy atom. The molecule has 2 atom stereocenters. The predicted molar refractivity (Wildman–Crippen MR) is 129 cm³/mol. The highest BCUT2D eigenvalue weighted by molar-refractivity contribution is 5.83. The van der Waals surface area contributed by atoms with Gasteiger partial charge < -0.3 is 5.32 Å². The molecule has 0 fully saturated rings. The fourth-order valence-corrected chi connectivity index (χ4v) is 5.25. The van der Waals surface area contributed by atoms with Crippen LogP contribution in [0.25, 0.3) is 0 Å². The Balaban J connectivity index is 1.73. The summed E-state index contributed by atoms with van der Waals surface area (Å²) in [6.45, 7) is 0.741. The molecule has 2 aromatic carbocycles. The summed E-state index contributed by atoms with van der Waals surface area (Å²) in [4.78, 5) is 15.1. The van der Waals surface area contributed by atoms with E-state index < -0.39 is 36.5 Å². The Morgan fingerprint density at radius 2 is 1.71 bits per heavy atom. The third kappa shape index (κ3) is 6.03. The number of likely N-dealkylation sites (N-methyl/N-ethyl adjacent to an activating group) is 1. The average Bonchev–Trinajstić information content (AvgIpc) is 3.17. The molecule has 5 nitrogen and oxygen atoms in total. The van der Waals surface area contributed by atoms with Crippen LogP contribution in [0.1, 0.15) is 52.1 Å². The van der Waals surface area contributed by atoms with Gasteiger partial charge in [-0.05, 0) is 43.0 Å². The summed E-state index contributed by atoms with van der Waals surface area (Å²) >= 11 is 0. The first kappa shape index (κ1) is 27.7. The van der Waals surface area contributed by atoms with Gasteiger partial charge in [-0.25, -0.2) is 0 Å². The minimum Gasteiger partial charge on any atom is -0.358 e. The lowest BCUT2D eigenvalue weighted by molar-refractivity contribution is -0.143. The summed E-state index contributed by atoms with van der Waals surface area (Å²) in [6, 6.07) is 12.7. The van der Waals surface area contributed by atoms with E-state index in [1.54, 1.807) is 6.92 Å². The fourth-order valence-electron chi connectivity index (χ4n) is 5.25. The summed E-state index contributed by atoms with van der Waals surface area (Å²) in [6.07, 6.45) is -7.90. The first-order valence-corrected chi connectivity index (χ1v) is 12.2. The van der Waals surface area contributed by atoms with E-state index in [9.17, 15) is 31.1 Å². The van der Waals surface area contributed by atoms with Crippen molar-refractivity contribution in [2.24, 2.45) is 0 Å². The second-order valence-electron chi connectivity index (χ2n) is 9.38. The van der Waals surface area contributed by atoms with Gasteiger partial charge >= 0.3 is 12.4 Å². The smallest absolute Gasteiger partial charge is 0.358 e. The summed E-state index contributed by atoms with van der Waals surface area (Å²) in [7, 11) is 1.53. The number of carbonyl (C=O) groups excluding carboxylic acids is 1. The molecule has 1 aliphatic rings. The molecule has 1 amide bonds. The number of hydrogen-bond acceptors (Lipinski definition) is 3. The van der Waals surface area contributed by atoms with E-state index >= 15 is 0 Å². The van der Waals surface area contributed by atoms with Crippen molar-refractivity contribution in [3.05, 3.63) is 88.2 Å². The van der Waals surface area contributed by atoms with Gasteiger partial charge in [0.1, 0.15) is 12.6 Å². The van der Waals surface area contributed by atoms with Gasteiger partial charge in [0.05, 0.1) is 11.3 Å². The van der Waals surface area contributed by atoms with Crippen LogP contribution in [-0.2, 0) is 30.4 Å². The molecule has 0 aliphatic carbocycles. The summed E-state index contributed by atoms with van der Waals surface area (Å²) in [5.74, 6) is -0.264. The van der Waals surface area contributed by atoms with E-state index in [0.29, 0.717) is 41.9 Å². The number of aryl methyl sites for hydroxylation is 2. The molecule has 0 saturated heterocycles. The number of carbonyl (C=O) groups is 1. The van der Waals surface area contributed by atoms with Crippen LogP contribution >= 0.6 is 0 Å². The fraction of sp³-hybridized carbons (Fsp3) is 0.407. The summed E-state index contributed by atoms with van der Waals surface area (Å²) in [5.41, 5.74) is 2.18. The molecule has 0 saturated carbocycles. The minimum absolute atomic E-state index is 0.264. The number of rotatable bonds is 7. The zero-order valence-corrected chi connectivity index (χ0v) is 20.9. The van der Waals surface area contributed by atoms with E-state index in [-0.39, 0.29) is 12.3 Å². The van der Waals surface area contributed by atoms with Crippen molar-refractivity contribution in [2.45, 2.75) is 57.2 Å². The highest BCUT2D eigenvalue weighted by atomic mass is 19.4. The molecule has 2 heterocycles. The van der Waals surface area contributed by atoms with Crippen LogP contribution in [0.2, 0.25) is 0 Å². The zero-order valence-electron chi connectivity index (χ0n) is 20.9. The maximum atomic E-state index is 13.3. The van der Waals surface area contributed by atoms with Gasteiger partial charge in [0, 0.05) is 37.3 Å². The quantitative estimate of drug-likeness (QED) is 0.388. The Morgan fingerprint density at radius 1 is 1.05 bits per heavy atom. The number of aromatic nitrogens is 2. The first-order chi connectivity index (χ1) is 17.9. The van der Waals surface area contributed by atoms with E-state index in [0.717, 1.165) is 22.4 Å². The number of nitrogens with zero attached hydrogens (tertiary/aromatic N) is 3. The molecular weight excluding hydrogens is 510 g/mol. The molecule has 11 heteroatoms. The maximum Gasteiger partial charge on any atom is 0.416 e. The standard InChI is InChI=1S/C27H28F6N4O/c1-17-23-21(13-10-18-8-11-20(12-9-18)27(31,32)33)36(15-14-22(23)37(35-17)16-26(28,29)30)24(25(38)34-2)19-6-4-3-5-7-19/h3-9,11-12,21,24H,10,13-16H2,1-2H3,(H,34,38). The number of nitrogens with one attached hydrogen (secondary N) is 1. The Hall–Kier alpha value is -3.34. The molecule has 1 aliphatic heterocycles. The summed E-state index contributed by atoms with van der Waals surface area (Å²) in [5, 5.41) is 6.89. The molecular formula is C27H28F6N4O. The maximum absolute atomic E-state index is 13.3. The van der Waals surface area contributed by atoms with Crippen molar-refractivity contribution in [3.8, 4) is 0 Å². The number of fused-ring (bicyclic) bond motifs is 1. The van der Waals surface area contributed by atoms with Gasteiger partial charge in [-0.1, -0.05) is 42.5 Å². The van der Waals surface area contributed by atoms with E-state index in [4.69, 9.17) is 0 Å². The van der Waals surface area contributed by atoms with E-state index in [2.05, 4.69) is 10.4 Å². The van der Waals surface area contributed by atoms with Gasteiger partial charge in [-0.15, -0.1) is 0 Å². The largest absolute Gasteiger partial charge is 0.416 e. The van der Waals surface area contributed by atoms with Crippen molar-refractivity contribution < 1.29 is 31.1 Å². The van der Waals surface area contributed by atoms with Crippen LogP contribution in [0.5, 0.6) is 0 Å². The Labute approximate surface area is 216 Å². The van der Waals surface area contributed by atoms with E-state index in [1.165, 1.54) is 19.2 Å². The van der Waals surface area contributed by atoms with Crippen molar-refractivity contribution in [3.63, 3.8) is 0 Å². The monoisotopic (exact) mass is 538 g/mol. The van der Waals surface area contributed by atoms with Crippen molar-refractivity contribution in [1.29, 1.82) is 0 Å². The third-order valence-electron chi connectivity index (χ3n) is 6.88. The van der Waals surface area contributed by atoms with Crippen LogP contribution in [-0.4, -0.2) is 40.4 Å². The molecule has 2 unspecified atom stereocenters. The first-order valence-electron chi connectivity index (χ1n) is 12.2. The number of alkyl halides is 6. The lowest BCUT2D eigenvalue weighted by Crippen LogP contribution is -2.45. The molecule has 0 bridgehead atoms. The van der Waals surface area contributed by atoms with Crippen LogP contribution in [0.15, 0.2) is 54.6 Å². The van der Waals surface area contributed by atoms with Gasteiger partial charge in [0.15, 0.2) is 0 Å². The topological polar surface area (TPSA) is 50.2 Å². The Kier molecular flexibility index (Phi) is 7.87. The van der Waals surface area contributed by atoms with Gasteiger partial charge in [-0.3, -0.25) is 14.4 Å². The molecule has 1 N–H and O–H groups in total. The average molecular weight is 539 g/mol. The van der Waals surface area contributed by atoms with Crippen LogP contribution in [0, 0.1) is 6.92 Å². The number of halogens is 6. The van der Waals surface area contributed by atoms with E-state index in [1.807, 2.05) is 35.2 Å². The highest BCUT2D eigenvalue weighted by Gasteiger charge is 2.40. The zero-order chi connectivity index (χ0) is 27.7. The van der Waals surface area contributed by atoms with Crippen LogP contribution < -0.4 is 5.32 Å². The SMILES string of the molecule is CNC(=O)C(c1ccccc1)N1CCc2c(c(C)nn2CC(F)(F)F)C1CCc1ccc(C(F)(F)F)cc1.